The molecule has 0 aliphatic rings. The molecule has 2 atom stereocenters. The molecule has 0 saturated carbocycles. The lowest BCUT2D eigenvalue weighted by Gasteiger charge is -2.12. The third-order valence-corrected chi connectivity index (χ3v) is 5.42. The summed E-state index contributed by atoms with van der Waals surface area (Å²) >= 11 is 0. The number of fused-ring (bicyclic) bond motifs is 2. The van der Waals surface area contributed by atoms with Crippen LogP contribution in [0.15, 0.2) is 25.3 Å². The van der Waals surface area contributed by atoms with Crippen molar-refractivity contribution >= 4 is 42.2 Å². The van der Waals surface area contributed by atoms with Gasteiger partial charge < -0.3 is 30.1 Å². The zero-order valence-corrected chi connectivity index (χ0v) is 19.4. The van der Waals surface area contributed by atoms with E-state index in [9.17, 15) is 4.57 Å². The van der Waals surface area contributed by atoms with Gasteiger partial charge in [0.2, 0.25) is 13.6 Å². The summed E-state index contributed by atoms with van der Waals surface area (Å²) in [6.07, 6.45) is 5.39. The van der Waals surface area contributed by atoms with Crippen LogP contribution < -0.4 is 11.5 Å². The summed E-state index contributed by atoms with van der Waals surface area (Å²) < 4.78 is 36.7. The Morgan fingerprint density at radius 2 is 1.24 bits per heavy atom. The van der Waals surface area contributed by atoms with Crippen LogP contribution in [0.4, 0.5) is 11.6 Å². The molecule has 0 bridgehead atoms. The third kappa shape index (κ3) is 5.58. The summed E-state index contributed by atoms with van der Waals surface area (Å²) in [6.45, 7) is 4.09. The molecule has 0 aliphatic heterocycles. The molecule has 4 aromatic heterocycles. The highest BCUT2D eigenvalue weighted by atomic mass is 31.1. The molecule has 15 nitrogen and oxygen atoms in total. The number of rotatable bonds is 12. The van der Waals surface area contributed by atoms with Crippen LogP contribution in [-0.4, -0.2) is 64.8 Å². The van der Waals surface area contributed by atoms with Gasteiger partial charge in [0.05, 0.1) is 38.0 Å². The fourth-order valence-electron chi connectivity index (χ4n) is 3.14. The second kappa shape index (κ2) is 10.7. The Morgan fingerprint density at radius 1 is 0.794 bits per heavy atom. The fourth-order valence-corrected chi connectivity index (χ4v) is 3.51. The van der Waals surface area contributed by atoms with Gasteiger partial charge in [-0.3, -0.25) is 0 Å². The van der Waals surface area contributed by atoms with Crippen LogP contribution in [0.5, 0.6) is 0 Å². The maximum absolute atomic E-state index is 11.9. The van der Waals surface area contributed by atoms with Crippen LogP contribution in [0.25, 0.3) is 22.3 Å². The van der Waals surface area contributed by atoms with E-state index >= 15 is 0 Å². The Labute approximate surface area is 194 Å². The number of aromatic nitrogens is 8. The Bertz CT molecular complexity index is 1180. The molecule has 0 amide bonds. The van der Waals surface area contributed by atoms with E-state index in [2.05, 4.69) is 29.9 Å². The lowest BCUT2D eigenvalue weighted by Crippen LogP contribution is -2.18. The summed E-state index contributed by atoms with van der Waals surface area (Å²) in [6, 6.07) is 0. The molecule has 4 N–H and O–H groups in total. The van der Waals surface area contributed by atoms with Crippen LogP contribution in [0.1, 0.15) is 13.8 Å². The van der Waals surface area contributed by atoms with Gasteiger partial charge in [0.1, 0.15) is 23.7 Å². The van der Waals surface area contributed by atoms with Gasteiger partial charge in [0.15, 0.2) is 22.9 Å². The number of imidazole rings is 2. The van der Waals surface area contributed by atoms with Crippen LogP contribution in [0.3, 0.4) is 0 Å². The predicted molar refractivity (Wildman–Crippen MR) is 120 cm³/mol. The van der Waals surface area contributed by atoms with Crippen molar-refractivity contribution in [1.82, 2.24) is 39.0 Å². The van der Waals surface area contributed by atoms with Crippen molar-refractivity contribution in [2.75, 3.05) is 25.1 Å². The van der Waals surface area contributed by atoms with Gasteiger partial charge in [-0.15, -0.1) is 0 Å². The van der Waals surface area contributed by atoms with Crippen molar-refractivity contribution in [3.8, 4) is 0 Å². The fraction of sp³-hybridized carbons (Fsp3) is 0.444. The van der Waals surface area contributed by atoms with Crippen molar-refractivity contribution in [3.63, 3.8) is 0 Å². The summed E-state index contributed by atoms with van der Waals surface area (Å²) in [4.78, 5) is 24.6. The first-order chi connectivity index (χ1) is 16.4. The highest BCUT2D eigenvalue weighted by Gasteiger charge is 2.22. The van der Waals surface area contributed by atoms with Crippen LogP contribution in [0, 0.1) is 0 Å². The second-order valence-corrected chi connectivity index (χ2v) is 8.29. The van der Waals surface area contributed by atoms with Crippen molar-refractivity contribution < 1.29 is 23.1 Å². The number of nitrogens with zero attached hydrogens (tertiary/aromatic N) is 8. The van der Waals surface area contributed by atoms with Gasteiger partial charge in [-0.1, -0.05) is 9.05 Å². The minimum absolute atomic E-state index is 0.224. The zero-order chi connectivity index (χ0) is 24.1. The monoisotopic (exact) mass is 491 g/mol. The zero-order valence-electron chi connectivity index (χ0n) is 18.5. The van der Waals surface area contributed by atoms with Gasteiger partial charge in [0, 0.05) is 4.57 Å². The molecule has 0 aromatic carbocycles. The first-order valence-corrected chi connectivity index (χ1v) is 11.3. The van der Waals surface area contributed by atoms with Crippen molar-refractivity contribution in [2.24, 2.45) is 0 Å². The van der Waals surface area contributed by atoms with E-state index in [1.54, 1.807) is 21.8 Å². The standard InChI is InChI=1S/C18H24N10O5P/c1-11(3-27-7-25-13-15(19)21-5-23-17(13)27)30-9-32-34(29)33-10-31-12(2)4-28-8-26-14-16(20)22-6-24-18(14)28/h5-8,11-12H,3-4,9-10H2,1-2H3,(H2,19,21,23)(H2,20,22,24)/q+1. The third-order valence-electron chi connectivity index (χ3n) is 4.79. The molecule has 180 valence electrons. The molecule has 0 spiro atoms. The Balaban J connectivity index is 1.14. The molecule has 0 radical (unpaired) electrons. The molecule has 4 rings (SSSR count). The molecular weight excluding hydrogens is 467 g/mol. The molecule has 0 saturated heterocycles. The molecule has 16 heteroatoms. The minimum Gasteiger partial charge on any atom is -0.382 e. The number of anilines is 2. The predicted octanol–water partition coefficient (Wildman–Crippen LogP) is 1.25. The average Bonchev–Trinajstić information content (AvgIpc) is 3.40. The highest BCUT2D eigenvalue weighted by molar-refractivity contribution is 7.33. The van der Waals surface area contributed by atoms with Gasteiger partial charge >= 0.3 is 8.25 Å². The van der Waals surface area contributed by atoms with Gasteiger partial charge in [-0.25, -0.2) is 29.9 Å². The smallest absolute Gasteiger partial charge is 0.382 e. The van der Waals surface area contributed by atoms with E-state index in [1.807, 2.05) is 13.8 Å². The number of nitrogens with two attached hydrogens (primary N) is 2. The molecule has 4 heterocycles. The average molecular weight is 491 g/mol. The lowest BCUT2D eigenvalue weighted by molar-refractivity contribution is -0.0597. The normalized spacial score (nSPS) is 14.0. The Hall–Kier alpha value is -3.36. The van der Waals surface area contributed by atoms with Crippen LogP contribution in [-0.2, 0) is 36.2 Å². The molecule has 0 fully saturated rings. The largest absolute Gasteiger partial charge is 0.702 e. The van der Waals surface area contributed by atoms with Crippen molar-refractivity contribution in [1.29, 1.82) is 0 Å². The lowest BCUT2D eigenvalue weighted by atomic mass is 10.4. The molecule has 2 unspecified atom stereocenters. The molecule has 34 heavy (non-hydrogen) atoms. The molecular formula is C18H24N10O5P+. The molecule has 4 aromatic rings. The SMILES string of the molecule is CC(Cn1cnc2c(N)ncnc21)OCO[P+](=O)OCOC(C)Cn1cnc2c(N)ncnc21. The maximum atomic E-state index is 11.9. The van der Waals surface area contributed by atoms with E-state index in [4.69, 9.17) is 30.0 Å². The Morgan fingerprint density at radius 3 is 1.68 bits per heavy atom. The van der Waals surface area contributed by atoms with Crippen LogP contribution in [0.2, 0.25) is 0 Å². The van der Waals surface area contributed by atoms with E-state index in [0.717, 1.165) is 0 Å². The first kappa shape index (κ1) is 23.8. The quantitative estimate of drug-likeness (QED) is 0.212. The first-order valence-electron chi connectivity index (χ1n) is 10.2. The summed E-state index contributed by atoms with van der Waals surface area (Å²) in [5, 5.41) is 0. The van der Waals surface area contributed by atoms with E-state index in [-0.39, 0.29) is 25.8 Å². The topological polar surface area (TPSA) is 193 Å². The highest BCUT2D eigenvalue weighted by Crippen LogP contribution is 2.24. The number of ether oxygens (including phenoxy) is 2. The van der Waals surface area contributed by atoms with E-state index < -0.39 is 8.25 Å². The number of nitrogen functional groups attached to an aromatic ring is 2. The van der Waals surface area contributed by atoms with Crippen molar-refractivity contribution in [2.45, 2.75) is 39.1 Å². The summed E-state index contributed by atoms with van der Waals surface area (Å²) in [7, 11) is -2.42. The van der Waals surface area contributed by atoms with Gasteiger partial charge in [-0.2, -0.15) is 0 Å². The van der Waals surface area contributed by atoms with E-state index in [1.165, 1.54) is 12.7 Å². The van der Waals surface area contributed by atoms with Crippen LogP contribution >= 0.6 is 8.25 Å². The second-order valence-electron chi connectivity index (χ2n) is 7.33. The minimum atomic E-state index is -2.42. The summed E-state index contributed by atoms with van der Waals surface area (Å²) in [5.41, 5.74) is 13.8. The summed E-state index contributed by atoms with van der Waals surface area (Å²) in [5.74, 6) is 0.617. The van der Waals surface area contributed by atoms with E-state index in [0.29, 0.717) is 47.1 Å². The van der Waals surface area contributed by atoms with Gasteiger partial charge in [-0.05, 0) is 13.8 Å². The molecule has 0 aliphatic carbocycles. The number of hydrogen-bond donors (Lipinski definition) is 2. The number of hydrogen-bond acceptors (Lipinski definition) is 13. The van der Waals surface area contributed by atoms with Gasteiger partial charge in [0.25, 0.3) is 0 Å². The Kier molecular flexibility index (Phi) is 7.49. The van der Waals surface area contributed by atoms with Crippen molar-refractivity contribution in [3.05, 3.63) is 25.3 Å². The maximum Gasteiger partial charge on any atom is 0.702 e.